The minimum absolute atomic E-state index is 0.235. The van der Waals surface area contributed by atoms with Gasteiger partial charge in [0.05, 0.1) is 0 Å². The van der Waals surface area contributed by atoms with Crippen LogP contribution in [0.1, 0.15) is 34.4 Å². The molecule has 2 heterocycles. The first-order valence-corrected chi connectivity index (χ1v) is 9.60. The zero-order chi connectivity index (χ0) is 18.5. The van der Waals surface area contributed by atoms with Gasteiger partial charge < -0.3 is 15.4 Å². The number of phenolic OH excluding ortho intramolecular Hbond substituents is 1. The van der Waals surface area contributed by atoms with E-state index in [9.17, 15) is 9.90 Å². The number of anilines is 1. The van der Waals surface area contributed by atoms with Gasteiger partial charge in [-0.3, -0.25) is 4.79 Å². The number of aromatic hydroxyl groups is 1. The monoisotopic (exact) mass is 369 g/mol. The molecule has 2 aromatic heterocycles. The molecule has 0 saturated carbocycles. The fourth-order valence-corrected chi connectivity index (χ4v) is 3.81. The number of hydrogen-bond acceptors (Lipinski definition) is 5. The third-order valence-electron chi connectivity index (χ3n) is 4.35. The highest BCUT2D eigenvalue weighted by Gasteiger charge is 2.06. The number of nitrogens with one attached hydrogen (secondary N) is 2. The van der Waals surface area contributed by atoms with E-state index in [0.717, 1.165) is 29.7 Å². The van der Waals surface area contributed by atoms with Gasteiger partial charge in [0.15, 0.2) is 0 Å². The van der Waals surface area contributed by atoms with E-state index in [1.54, 1.807) is 29.5 Å². The van der Waals surface area contributed by atoms with Gasteiger partial charge in [0.1, 0.15) is 5.75 Å². The number of nitrogens with zero attached hydrogens (tertiary/aromatic N) is 1. The Bertz CT molecular complexity index is 909. The Labute approximate surface area is 156 Å². The van der Waals surface area contributed by atoms with Gasteiger partial charge in [-0.2, -0.15) is 16.3 Å². The molecule has 0 aliphatic heterocycles. The third-order valence-corrected chi connectivity index (χ3v) is 5.08. The lowest BCUT2D eigenvalue weighted by atomic mass is 9.98. The highest BCUT2D eigenvalue weighted by molar-refractivity contribution is 7.07. The van der Waals surface area contributed by atoms with Crippen LogP contribution in [0.5, 0.6) is 5.75 Å². The first kappa shape index (κ1) is 18.2. The van der Waals surface area contributed by atoms with Crippen molar-refractivity contribution in [2.24, 2.45) is 0 Å². The largest absolute Gasteiger partial charge is 0.508 e. The summed E-state index contributed by atoms with van der Waals surface area (Å²) in [6.07, 6.45) is 2.51. The zero-order valence-corrected chi connectivity index (χ0v) is 15.8. The van der Waals surface area contributed by atoms with Gasteiger partial charge in [-0.1, -0.05) is 0 Å². The predicted octanol–water partition coefficient (Wildman–Crippen LogP) is 3.79. The van der Waals surface area contributed by atoms with Crippen LogP contribution in [0.15, 0.2) is 39.8 Å². The van der Waals surface area contributed by atoms with Gasteiger partial charge in [-0.25, -0.2) is 0 Å². The van der Waals surface area contributed by atoms with Crippen molar-refractivity contribution in [3.63, 3.8) is 0 Å². The summed E-state index contributed by atoms with van der Waals surface area (Å²) >= 11 is 1.65. The molecule has 0 saturated heterocycles. The summed E-state index contributed by atoms with van der Waals surface area (Å²) in [7, 11) is 0. The Balaban J connectivity index is 1.58. The number of thiophene rings is 1. The maximum absolute atomic E-state index is 11.8. The summed E-state index contributed by atoms with van der Waals surface area (Å²) in [5, 5.41) is 16.9. The molecule has 0 bridgehead atoms. The van der Waals surface area contributed by atoms with Gasteiger partial charge in [-0.15, -0.1) is 0 Å². The molecule has 3 N–H and O–H groups in total. The predicted molar refractivity (Wildman–Crippen MR) is 106 cm³/mol. The Morgan fingerprint density at radius 3 is 2.69 bits per heavy atom. The Morgan fingerprint density at radius 2 is 2.00 bits per heavy atom. The second-order valence-corrected chi connectivity index (χ2v) is 7.27. The van der Waals surface area contributed by atoms with Crippen molar-refractivity contribution < 1.29 is 5.11 Å². The molecule has 6 heteroatoms. The maximum atomic E-state index is 11.8. The number of H-pyrrole nitrogens is 1. The van der Waals surface area contributed by atoms with Gasteiger partial charge in [0.2, 0.25) is 5.95 Å². The Kier molecular flexibility index (Phi) is 5.73. The lowest BCUT2D eigenvalue weighted by Crippen LogP contribution is -2.15. The molecule has 3 aromatic rings. The number of hydrogen-bond donors (Lipinski definition) is 3. The third kappa shape index (κ3) is 4.73. The minimum Gasteiger partial charge on any atom is -0.508 e. The van der Waals surface area contributed by atoms with E-state index < -0.39 is 0 Å². The Hall–Kier alpha value is -2.60. The van der Waals surface area contributed by atoms with Crippen molar-refractivity contribution in [2.45, 2.75) is 33.1 Å². The molecule has 0 aliphatic rings. The number of aromatic nitrogens is 2. The first-order chi connectivity index (χ1) is 12.5. The molecule has 0 aliphatic carbocycles. The lowest BCUT2D eigenvalue weighted by molar-refractivity contribution is 0.474. The second kappa shape index (κ2) is 8.19. The van der Waals surface area contributed by atoms with Crippen LogP contribution in [0.25, 0.3) is 0 Å². The van der Waals surface area contributed by atoms with E-state index in [0.29, 0.717) is 24.7 Å². The number of phenols is 1. The quantitative estimate of drug-likeness (QED) is 0.554. The normalized spacial score (nSPS) is 10.8. The molecule has 136 valence electrons. The standard InChI is InChI=1S/C20H23N3O2S/c1-13-8-17(24)9-14(2)18(13)4-3-6-21-20-22-16(11-19(25)23-20)10-15-5-7-26-12-15/h5,7-9,11-12,24H,3-4,6,10H2,1-2H3,(H2,21,22,23,25). The number of aromatic amines is 1. The summed E-state index contributed by atoms with van der Waals surface area (Å²) in [6, 6.07) is 7.19. The summed E-state index contributed by atoms with van der Waals surface area (Å²) in [6.45, 7) is 4.75. The molecule has 1 aromatic carbocycles. The molecule has 3 rings (SSSR count). The molecule has 0 spiro atoms. The average molecular weight is 369 g/mol. The molecule has 0 fully saturated rings. The van der Waals surface area contributed by atoms with E-state index in [2.05, 4.69) is 26.7 Å². The van der Waals surface area contributed by atoms with E-state index >= 15 is 0 Å². The molecule has 0 unspecified atom stereocenters. The van der Waals surface area contributed by atoms with Gasteiger partial charge >= 0.3 is 0 Å². The second-order valence-electron chi connectivity index (χ2n) is 6.49. The van der Waals surface area contributed by atoms with E-state index in [1.807, 2.05) is 19.2 Å². The van der Waals surface area contributed by atoms with Crippen molar-refractivity contribution in [1.82, 2.24) is 9.97 Å². The summed E-state index contributed by atoms with van der Waals surface area (Å²) < 4.78 is 0. The van der Waals surface area contributed by atoms with Crippen molar-refractivity contribution in [1.29, 1.82) is 0 Å². The van der Waals surface area contributed by atoms with Crippen LogP contribution in [-0.4, -0.2) is 21.6 Å². The van der Waals surface area contributed by atoms with Gasteiger partial charge in [0, 0.05) is 24.7 Å². The maximum Gasteiger partial charge on any atom is 0.274 e. The van der Waals surface area contributed by atoms with E-state index in [1.165, 1.54) is 11.1 Å². The van der Waals surface area contributed by atoms with Gasteiger partial charge in [0.25, 0.3) is 5.56 Å². The molecule has 0 radical (unpaired) electrons. The van der Waals surface area contributed by atoms with Crippen LogP contribution in [0, 0.1) is 13.8 Å². The highest BCUT2D eigenvalue weighted by atomic mass is 32.1. The number of aryl methyl sites for hydroxylation is 2. The first-order valence-electron chi connectivity index (χ1n) is 8.65. The molecular weight excluding hydrogens is 346 g/mol. The molecule has 5 nitrogen and oxygen atoms in total. The molecule has 0 atom stereocenters. The lowest BCUT2D eigenvalue weighted by Gasteiger charge is -2.11. The van der Waals surface area contributed by atoms with Crippen LogP contribution in [0.3, 0.4) is 0 Å². The summed E-state index contributed by atoms with van der Waals surface area (Å²) in [5.41, 5.74) is 5.27. The van der Waals surface area contributed by atoms with E-state index in [4.69, 9.17) is 0 Å². The van der Waals surface area contributed by atoms with Crippen LogP contribution in [-0.2, 0) is 12.8 Å². The minimum atomic E-state index is -0.235. The zero-order valence-electron chi connectivity index (χ0n) is 15.0. The number of benzene rings is 1. The van der Waals surface area contributed by atoms with Crippen molar-refractivity contribution >= 4 is 17.3 Å². The van der Waals surface area contributed by atoms with Crippen molar-refractivity contribution in [2.75, 3.05) is 11.9 Å². The topological polar surface area (TPSA) is 78.0 Å². The fraction of sp³-hybridized carbons (Fsp3) is 0.300. The Morgan fingerprint density at radius 1 is 1.23 bits per heavy atom. The fourth-order valence-electron chi connectivity index (χ4n) is 3.14. The average Bonchev–Trinajstić information content (AvgIpc) is 3.05. The SMILES string of the molecule is Cc1cc(O)cc(C)c1CCCNc1nc(=O)cc(Cc2ccsc2)[nH]1. The van der Waals surface area contributed by atoms with Crippen LogP contribution in [0.4, 0.5) is 5.95 Å². The molecular formula is C20H23N3O2S. The van der Waals surface area contributed by atoms with Crippen LogP contribution in [0.2, 0.25) is 0 Å². The molecule has 0 amide bonds. The van der Waals surface area contributed by atoms with Crippen LogP contribution >= 0.6 is 11.3 Å². The van der Waals surface area contributed by atoms with Crippen molar-refractivity contribution in [3.8, 4) is 5.75 Å². The number of rotatable bonds is 7. The molecule has 26 heavy (non-hydrogen) atoms. The van der Waals surface area contributed by atoms with Gasteiger partial charge in [-0.05, 0) is 77.9 Å². The summed E-state index contributed by atoms with van der Waals surface area (Å²) in [5.74, 6) is 0.827. The van der Waals surface area contributed by atoms with Crippen molar-refractivity contribution in [3.05, 3.63) is 73.3 Å². The van der Waals surface area contributed by atoms with E-state index in [-0.39, 0.29) is 5.56 Å². The summed E-state index contributed by atoms with van der Waals surface area (Å²) in [4.78, 5) is 19.0. The smallest absolute Gasteiger partial charge is 0.274 e. The highest BCUT2D eigenvalue weighted by Crippen LogP contribution is 2.22. The van der Waals surface area contributed by atoms with Crippen LogP contribution < -0.4 is 10.9 Å².